The first-order valence-corrected chi connectivity index (χ1v) is 9.79. The van der Waals surface area contributed by atoms with Crippen LogP contribution in [-0.2, 0) is 4.43 Å². The van der Waals surface area contributed by atoms with Crippen LogP contribution in [0.5, 0.6) is 0 Å². The van der Waals surface area contributed by atoms with Crippen molar-refractivity contribution in [3.8, 4) is 0 Å². The number of rotatable bonds is 2. The second kappa shape index (κ2) is 4.58. The maximum Gasteiger partial charge on any atom is 0.184 e. The molecular formula is C13H28OSi. The second-order valence-corrected chi connectivity index (χ2v) is 11.5. The molecule has 1 aliphatic rings. The lowest BCUT2D eigenvalue weighted by molar-refractivity contribution is 0.0231. The first kappa shape index (κ1) is 13.2. The third-order valence-electron chi connectivity index (χ3n) is 3.32. The summed E-state index contributed by atoms with van der Waals surface area (Å²) in [5.41, 5.74) is 0.407. The van der Waals surface area contributed by atoms with E-state index in [0.717, 1.165) is 5.92 Å². The highest BCUT2D eigenvalue weighted by atomic mass is 28.4. The summed E-state index contributed by atoms with van der Waals surface area (Å²) < 4.78 is 6.36. The van der Waals surface area contributed by atoms with Gasteiger partial charge < -0.3 is 4.43 Å². The van der Waals surface area contributed by atoms with Gasteiger partial charge in [-0.3, -0.25) is 0 Å². The van der Waals surface area contributed by atoms with Crippen LogP contribution in [0.4, 0.5) is 0 Å². The molecule has 0 N–H and O–H groups in total. The first-order chi connectivity index (χ1) is 6.70. The lowest BCUT2D eigenvalue weighted by atomic mass is 9.71. The Morgan fingerprint density at radius 2 is 1.53 bits per heavy atom. The molecule has 0 aromatic carbocycles. The van der Waals surface area contributed by atoms with Gasteiger partial charge in [-0.1, -0.05) is 33.6 Å². The summed E-state index contributed by atoms with van der Waals surface area (Å²) >= 11 is 0. The molecule has 0 bridgehead atoms. The molecule has 2 heteroatoms. The van der Waals surface area contributed by atoms with E-state index in [1.54, 1.807) is 0 Å². The SMILES string of the molecule is CC(C)(C)C1CCCCC1O[Si](C)(C)C. The van der Waals surface area contributed by atoms with E-state index in [-0.39, 0.29) is 0 Å². The molecule has 0 aromatic rings. The summed E-state index contributed by atoms with van der Waals surface area (Å²) in [7, 11) is -1.37. The predicted octanol–water partition coefficient (Wildman–Crippen LogP) is 4.44. The molecule has 1 rings (SSSR count). The van der Waals surface area contributed by atoms with Crippen molar-refractivity contribution in [2.24, 2.45) is 11.3 Å². The van der Waals surface area contributed by atoms with Gasteiger partial charge in [-0.15, -0.1) is 0 Å². The van der Waals surface area contributed by atoms with Gasteiger partial charge in [0.25, 0.3) is 0 Å². The zero-order chi connectivity index (χ0) is 11.7. The lowest BCUT2D eigenvalue weighted by Gasteiger charge is -2.42. The zero-order valence-electron chi connectivity index (χ0n) is 11.4. The van der Waals surface area contributed by atoms with Crippen molar-refractivity contribution in [3.63, 3.8) is 0 Å². The normalized spacial score (nSPS) is 29.2. The molecule has 1 aliphatic carbocycles. The molecule has 0 heterocycles. The Labute approximate surface area is 96.7 Å². The molecule has 2 atom stereocenters. The molecule has 0 saturated heterocycles. The van der Waals surface area contributed by atoms with E-state index in [2.05, 4.69) is 40.4 Å². The molecule has 0 amide bonds. The predicted molar refractivity (Wildman–Crippen MR) is 69.6 cm³/mol. The minimum Gasteiger partial charge on any atom is -0.414 e. The van der Waals surface area contributed by atoms with E-state index < -0.39 is 8.32 Å². The number of hydrogen-bond donors (Lipinski definition) is 0. The summed E-state index contributed by atoms with van der Waals surface area (Å²) in [4.78, 5) is 0. The summed E-state index contributed by atoms with van der Waals surface area (Å²) in [5.74, 6) is 0.762. The fourth-order valence-corrected chi connectivity index (χ4v) is 3.87. The van der Waals surface area contributed by atoms with Gasteiger partial charge in [0.15, 0.2) is 8.32 Å². The number of hydrogen-bond acceptors (Lipinski definition) is 1. The molecule has 1 saturated carbocycles. The Morgan fingerprint density at radius 1 is 1.00 bits per heavy atom. The van der Waals surface area contributed by atoms with Gasteiger partial charge in [-0.25, -0.2) is 0 Å². The monoisotopic (exact) mass is 228 g/mol. The Hall–Kier alpha value is 0.177. The molecule has 0 aromatic heterocycles. The summed E-state index contributed by atoms with van der Waals surface area (Å²) in [5, 5.41) is 0. The van der Waals surface area contributed by atoms with Crippen molar-refractivity contribution in [2.45, 2.75) is 72.2 Å². The Morgan fingerprint density at radius 3 is 2.00 bits per heavy atom. The largest absolute Gasteiger partial charge is 0.414 e. The van der Waals surface area contributed by atoms with Gasteiger partial charge in [0.05, 0.1) is 0 Å². The minimum absolute atomic E-state index is 0.407. The van der Waals surface area contributed by atoms with E-state index in [1.165, 1.54) is 25.7 Å². The van der Waals surface area contributed by atoms with Gasteiger partial charge >= 0.3 is 0 Å². The van der Waals surface area contributed by atoms with Crippen LogP contribution >= 0.6 is 0 Å². The van der Waals surface area contributed by atoms with Crippen LogP contribution in [0.15, 0.2) is 0 Å². The molecular weight excluding hydrogens is 200 g/mol. The van der Waals surface area contributed by atoms with Crippen LogP contribution in [0.2, 0.25) is 19.6 Å². The Balaban J connectivity index is 2.66. The fraction of sp³-hybridized carbons (Fsp3) is 1.00. The van der Waals surface area contributed by atoms with E-state index >= 15 is 0 Å². The van der Waals surface area contributed by atoms with Crippen LogP contribution in [0.25, 0.3) is 0 Å². The molecule has 1 fully saturated rings. The Kier molecular flexibility index (Phi) is 4.05. The van der Waals surface area contributed by atoms with Crippen molar-refractivity contribution < 1.29 is 4.43 Å². The minimum atomic E-state index is -1.37. The van der Waals surface area contributed by atoms with Crippen LogP contribution in [0.3, 0.4) is 0 Å². The molecule has 0 aliphatic heterocycles. The fourth-order valence-electron chi connectivity index (χ4n) is 2.68. The highest BCUT2D eigenvalue weighted by Crippen LogP contribution is 2.40. The molecule has 15 heavy (non-hydrogen) atoms. The van der Waals surface area contributed by atoms with Crippen LogP contribution in [-0.4, -0.2) is 14.4 Å². The van der Waals surface area contributed by atoms with Crippen molar-refractivity contribution in [2.75, 3.05) is 0 Å². The van der Waals surface area contributed by atoms with Gasteiger partial charge in [0, 0.05) is 6.10 Å². The smallest absolute Gasteiger partial charge is 0.184 e. The van der Waals surface area contributed by atoms with Gasteiger partial charge in [0.1, 0.15) is 0 Å². The maximum atomic E-state index is 6.36. The Bertz CT molecular complexity index is 200. The summed E-state index contributed by atoms with van der Waals surface area (Å²) in [6, 6.07) is 0. The van der Waals surface area contributed by atoms with E-state index in [0.29, 0.717) is 11.5 Å². The third-order valence-corrected chi connectivity index (χ3v) is 4.33. The topological polar surface area (TPSA) is 9.23 Å². The van der Waals surface area contributed by atoms with Gasteiger partial charge in [-0.05, 0) is 43.8 Å². The summed E-state index contributed by atoms with van der Waals surface area (Å²) in [6.45, 7) is 14.0. The van der Waals surface area contributed by atoms with Crippen molar-refractivity contribution in [1.82, 2.24) is 0 Å². The molecule has 0 radical (unpaired) electrons. The second-order valence-electron chi connectivity index (χ2n) is 7.03. The molecule has 2 unspecified atom stereocenters. The lowest BCUT2D eigenvalue weighted by Crippen LogP contribution is -2.42. The average Bonchev–Trinajstić information content (AvgIpc) is 1.99. The van der Waals surface area contributed by atoms with Crippen molar-refractivity contribution in [1.29, 1.82) is 0 Å². The molecule has 1 nitrogen and oxygen atoms in total. The van der Waals surface area contributed by atoms with Crippen molar-refractivity contribution in [3.05, 3.63) is 0 Å². The highest BCUT2D eigenvalue weighted by molar-refractivity contribution is 6.69. The molecule has 0 spiro atoms. The quantitative estimate of drug-likeness (QED) is 0.635. The standard InChI is InChI=1S/C13H28OSi/c1-13(2,3)11-9-7-8-10-12(11)14-15(4,5)6/h11-12H,7-10H2,1-6H3. The van der Waals surface area contributed by atoms with Crippen LogP contribution < -0.4 is 0 Å². The summed E-state index contributed by atoms with van der Waals surface area (Å²) in [6.07, 6.45) is 5.94. The first-order valence-electron chi connectivity index (χ1n) is 6.38. The van der Waals surface area contributed by atoms with Gasteiger partial charge in [0.2, 0.25) is 0 Å². The third kappa shape index (κ3) is 4.27. The van der Waals surface area contributed by atoms with E-state index in [9.17, 15) is 0 Å². The zero-order valence-corrected chi connectivity index (χ0v) is 12.4. The highest BCUT2D eigenvalue weighted by Gasteiger charge is 2.36. The van der Waals surface area contributed by atoms with Crippen LogP contribution in [0.1, 0.15) is 46.5 Å². The maximum absolute atomic E-state index is 6.36. The van der Waals surface area contributed by atoms with Crippen LogP contribution in [0, 0.1) is 11.3 Å². The van der Waals surface area contributed by atoms with E-state index in [1.807, 2.05) is 0 Å². The average molecular weight is 228 g/mol. The van der Waals surface area contributed by atoms with E-state index in [4.69, 9.17) is 4.43 Å². The molecule has 90 valence electrons. The van der Waals surface area contributed by atoms with Crippen molar-refractivity contribution >= 4 is 8.32 Å². The van der Waals surface area contributed by atoms with Gasteiger partial charge in [-0.2, -0.15) is 0 Å².